The zero-order valence-corrected chi connectivity index (χ0v) is 26.9. The zero-order chi connectivity index (χ0) is 28.8. The Bertz CT molecular complexity index is 1690. The van der Waals surface area contributed by atoms with Crippen molar-refractivity contribution in [1.82, 2.24) is 28.9 Å². The highest BCUT2D eigenvalue weighted by molar-refractivity contribution is 7.17. The van der Waals surface area contributed by atoms with Gasteiger partial charge in [-0.3, -0.25) is 9.59 Å². The number of aromatic nitrogens is 4. The highest BCUT2D eigenvalue weighted by Gasteiger charge is 2.30. The van der Waals surface area contributed by atoms with Crippen molar-refractivity contribution in [2.75, 3.05) is 28.2 Å². The van der Waals surface area contributed by atoms with E-state index in [4.69, 9.17) is 15.0 Å². The first kappa shape index (κ1) is 29.1. The van der Waals surface area contributed by atoms with E-state index in [1.165, 1.54) is 45.3 Å². The van der Waals surface area contributed by atoms with Crippen molar-refractivity contribution in [2.45, 2.75) is 33.1 Å². The van der Waals surface area contributed by atoms with Crippen molar-refractivity contribution < 1.29 is 9.59 Å². The highest BCUT2D eigenvalue weighted by atomic mass is 32.1. The van der Waals surface area contributed by atoms with Crippen LogP contribution in [0.3, 0.4) is 0 Å². The minimum atomic E-state index is -0.409. The SMILES string of the molecule is Cc1nc(/N=c2/scc(C(C)(C)c3csc(/N=c4/sc(C(=O)N(C)C)c(C)n4C)n3)n2C)sc1C(=O)N(C)C. The van der Waals surface area contributed by atoms with Crippen molar-refractivity contribution in [3.05, 3.63) is 52.9 Å². The van der Waals surface area contributed by atoms with E-state index in [1.54, 1.807) is 38.0 Å². The molecule has 0 radical (unpaired) electrons. The van der Waals surface area contributed by atoms with Crippen molar-refractivity contribution in [1.29, 1.82) is 0 Å². The van der Waals surface area contributed by atoms with E-state index in [0.717, 1.165) is 26.7 Å². The molecular weight excluding hydrogens is 573 g/mol. The molecule has 0 N–H and O–H groups in total. The van der Waals surface area contributed by atoms with Crippen LogP contribution in [0.25, 0.3) is 0 Å². The van der Waals surface area contributed by atoms with Gasteiger partial charge in [-0.05, 0) is 27.7 Å². The molecule has 0 aromatic carbocycles. The molecule has 0 spiro atoms. The van der Waals surface area contributed by atoms with Crippen molar-refractivity contribution in [3.8, 4) is 0 Å². The van der Waals surface area contributed by atoms with Crippen LogP contribution in [0.1, 0.15) is 56.0 Å². The summed E-state index contributed by atoms with van der Waals surface area (Å²) in [5.74, 6) is -0.101. The Morgan fingerprint density at radius 3 is 2.08 bits per heavy atom. The van der Waals surface area contributed by atoms with Gasteiger partial charge in [-0.2, -0.15) is 9.98 Å². The first-order chi connectivity index (χ1) is 18.2. The fraction of sp³-hybridized carbons (Fsp3) is 0.440. The Morgan fingerprint density at radius 2 is 1.44 bits per heavy atom. The third-order valence-corrected chi connectivity index (χ3v) is 10.3. The van der Waals surface area contributed by atoms with Crippen molar-refractivity contribution >= 4 is 67.4 Å². The normalized spacial score (nSPS) is 12.9. The van der Waals surface area contributed by atoms with E-state index >= 15 is 0 Å². The number of hydrogen-bond donors (Lipinski definition) is 0. The molecule has 4 aromatic heterocycles. The third-order valence-electron chi connectivity index (χ3n) is 6.38. The number of hydrogen-bond acceptors (Lipinski definition) is 10. The molecule has 0 fully saturated rings. The molecule has 208 valence electrons. The molecule has 0 saturated carbocycles. The first-order valence-corrected chi connectivity index (χ1v) is 15.4. The fourth-order valence-electron chi connectivity index (χ4n) is 3.80. The summed E-state index contributed by atoms with van der Waals surface area (Å²) in [5, 5.41) is 5.31. The van der Waals surface area contributed by atoms with E-state index in [2.05, 4.69) is 24.2 Å². The maximum Gasteiger partial charge on any atom is 0.265 e. The topological polar surface area (TPSA) is 101 Å². The molecular formula is C25H32N8O2S4. The van der Waals surface area contributed by atoms with Gasteiger partial charge in [0, 0.05) is 69.8 Å². The van der Waals surface area contributed by atoms with Gasteiger partial charge in [-0.25, -0.2) is 9.97 Å². The maximum absolute atomic E-state index is 12.5. The van der Waals surface area contributed by atoms with Gasteiger partial charge < -0.3 is 18.9 Å². The second-order valence-corrected chi connectivity index (χ2v) is 13.6. The molecule has 0 atom stereocenters. The van der Waals surface area contributed by atoms with Crippen LogP contribution in [-0.2, 0) is 19.5 Å². The number of thiazole rings is 4. The minimum Gasteiger partial charge on any atom is -0.344 e. The van der Waals surface area contributed by atoms with Crippen LogP contribution in [0.5, 0.6) is 0 Å². The first-order valence-electron chi connectivity index (χ1n) is 12.0. The van der Waals surface area contributed by atoms with Crippen LogP contribution in [0.4, 0.5) is 10.3 Å². The Hall–Kier alpha value is -2.94. The van der Waals surface area contributed by atoms with Gasteiger partial charge in [-0.1, -0.05) is 22.7 Å². The molecule has 2 amide bonds. The van der Waals surface area contributed by atoms with E-state index in [-0.39, 0.29) is 11.8 Å². The van der Waals surface area contributed by atoms with Crippen LogP contribution in [0, 0.1) is 13.8 Å². The predicted octanol–water partition coefficient (Wildman–Crippen LogP) is 4.21. The van der Waals surface area contributed by atoms with Gasteiger partial charge in [-0.15, -0.1) is 22.7 Å². The van der Waals surface area contributed by atoms with Crippen molar-refractivity contribution in [3.63, 3.8) is 0 Å². The van der Waals surface area contributed by atoms with E-state index < -0.39 is 5.41 Å². The van der Waals surface area contributed by atoms with Gasteiger partial charge in [0.25, 0.3) is 11.8 Å². The number of carbonyl (C=O) groups excluding carboxylic acids is 2. The second-order valence-electron chi connectivity index (χ2n) is 9.99. The monoisotopic (exact) mass is 604 g/mol. The summed E-state index contributed by atoms with van der Waals surface area (Å²) in [5.41, 5.74) is 3.11. The number of aryl methyl sites for hydroxylation is 1. The molecule has 39 heavy (non-hydrogen) atoms. The summed E-state index contributed by atoms with van der Waals surface area (Å²) in [4.78, 5) is 49.8. The van der Waals surface area contributed by atoms with Gasteiger partial charge in [0.2, 0.25) is 10.3 Å². The van der Waals surface area contributed by atoms with Crippen LogP contribution in [0.2, 0.25) is 0 Å². The fourth-order valence-corrected chi connectivity index (χ4v) is 7.93. The lowest BCUT2D eigenvalue weighted by Gasteiger charge is -2.23. The average molecular weight is 605 g/mol. The van der Waals surface area contributed by atoms with Crippen LogP contribution < -0.4 is 9.60 Å². The number of carbonyl (C=O) groups is 2. The third kappa shape index (κ3) is 5.55. The summed E-state index contributed by atoms with van der Waals surface area (Å²) in [6, 6.07) is 0. The van der Waals surface area contributed by atoms with Gasteiger partial charge in [0.1, 0.15) is 9.75 Å². The number of rotatable bonds is 6. The zero-order valence-electron chi connectivity index (χ0n) is 23.7. The maximum atomic E-state index is 12.5. The van der Waals surface area contributed by atoms with Gasteiger partial charge >= 0.3 is 0 Å². The molecule has 14 heteroatoms. The van der Waals surface area contributed by atoms with Crippen molar-refractivity contribution in [2.24, 2.45) is 24.1 Å². The molecule has 0 aliphatic rings. The summed E-state index contributed by atoms with van der Waals surface area (Å²) < 4.78 is 3.98. The lowest BCUT2D eigenvalue weighted by Crippen LogP contribution is -2.26. The van der Waals surface area contributed by atoms with E-state index in [1.807, 2.05) is 42.5 Å². The molecule has 10 nitrogen and oxygen atoms in total. The number of amides is 2. The van der Waals surface area contributed by atoms with E-state index in [0.29, 0.717) is 25.7 Å². The lowest BCUT2D eigenvalue weighted by molar-refractivity contribution is 0.0823. The molecule has 4 heterocycles. The van der Waals surface area contributed by atoms with Crippen LogP contribution >= 0.6 is 45.3 Å². The Morgan fingerprint density at radius 1 is 0.821 bits per heavy atom. The smallest absolute Gasteiger partial charge is 0.265 e. The summed E-state index contributed by atoms with van der Waals surface area (Å²) >= 11 is 5.67. The van der Waals surface area contributed by atoms with Crippen LogP contribution in [-0.4, -0.2) is 68.9 Å². The molecule has 0 saturated heterocycles. The highest BCUT2D eigenvalue weighted by Crippen LogP contribution is 2.34. The summed E-state index contributed by atoms with van der Waals surface area (Å²) in [7, 11) is 10.8. The van der Waals surface area contributed by atoms with Crippen LogP contribution in [0.15, 0.2) is 20.7 Å². The van der Waals surface area contributed by atoms with Gasteiger partial charge in [0.15, 0.2) is 9.60 Å². The summed E-state index contributed by atoms with van der Waals surface area (Å²) in [6.45, 7) is 8.01. The second kappa shape index (κ2) is 10.9. The summed E-state index contributed by atoms with van der Waals surface area (Å²) in [6.07, 6.45) is 0. The largest absolute Gasteiger partial charge is 0.344 e. The quantitative estimate of drug-likeness (QED) is 0.329. The molecule has 0 unspecified atom stereocenters. The molecule has 0 aliphatic heterocycles. The standard InChI is InChI=1S/C25H32N8O2S4/c1-13-17(19(34)30(5)6)38-22(26-13)29-23-33(10)16(12-37-23)25(3,4)15-11-36-21(27-15)28-24-32(9)14(2)18(39-24)20(35)31(7)8/h11-12H,1-10H3/b28-24+,29-23+. The predicted molar refractivity (Wildman–Crippen MR) is 159 cm³/mol. The Labute approximate surface area is 243 Å². The average Bonchev–Trinajstić information content (AvgIpc) is 3.63. The Balaban J connectivity index is 1.66. The minimum absolute atomic E-state index is 0.0323. The lowest BCUT2D eigenvalue weighted by atomic mass is 9.87. The molecule has 4 aromatic rings. The van der Waals surface area contributed by atoms with Gasteiger partial charge in [0.05, 0.1) is 11.4 Å². The van der Waals surface area contributed by atoms with E-state index in [9.17, 15) is 9.59 Å². The Kier molecular flexibility index (Phi) is 8.13. The number of nitrogens with zero attached hydrogens (tertiary/aromatic N) is 8. The molecule has 0 bridgehead atoms. The molecule has 0 aliphatic carbocycles. The molecule has 4 rings (SSSR count).